The van der Waals surface area contributed by atoms with E-state index >= 15 is 0 Å². The zero-order valence-electron chi connectivity index (χ0n) is 12.6. The standard InChI is InChI=1S/C13H25N5O/c1-6-18(10(2)8-17(3)4)13-7-11(14)15-12(16-13)9-19-5/h7,10H,6,8-9H2,1-5H3,(H2,14,15,16). The van der Waals surface area contributed by atoms with Gasteiger partial charge >= 0.3 is 0 Å². The second-order valence-electron chi connectivity index (χ2n) is 4.90. The second-order valence-corrected chi connectivity index (χ2v) is 4.90. The fraction of sp³-hybridized carbons (Fsp3) is 0.692. The lowest BCUT2D eigenvalue weighted by atomic mass is 10.2. The second kappa shape index (κ2) is 7.25. The predicted octanol–water partition coefficient (Wildman–Crippen LogP) is 0.982. The Morgan fingerprint density at radius 2 is 2.05 bits per heavy atom. The first kappa shape index (κ1) is 15.7. The predicted molar refractivity (Wildman–Crippen MR) is 78.2 cm³/mol. The number of nitrogens with two attached hydrogens (primary N) is 1. The summed E-state index contributed by atoms with van der Waals surface area (Å²) in [5.41, 5.74) is 5.84. The Kier molecular flexibility index (Phi) is 5.98. The lowest BCUT2D eigenvalue weighted by molar-refractivity contribution is 0.178. The van der Waals surface area contributed by atoms with Crippen molar-refractivity contribution in [1.82, 2.24) is 14.9 Å². The molecule has 0 fully saturated rings. The molecule has 0 saturated carbocycles. The van der Waals surface area contributed by atoms with E-state index in [9.17, 15) is 0 Å². The van der Waals surface area contributed by atoms with Gasteiger partial charge in [-0.05, 0) is 27.9 Å². The molecule has 6 heteroatoms. The SMILES string of the molecule is CCN(c1cc(N)nc(COC)n1)C(C)CN(C)C. The van der Waals surface area contributed by atoms with Crippen LogP contribution in [0.5, 0.6) is 0 Å². The van der Waals surface area contributed by atoms with Gasteiger partial charge in [-0.1, -0.05) is 0 Å². The summed E-state index contributed by atoms with van der Waals surface area (Å²) in [6.45, 7) is 6.49. The third-order valence-electron chi connectivity index (χ3n) is 2.85. The molecule has 0 saturated heterocycles. The Bertz CT molecular complexity index is 397. The smallest absolute Gasteiger partial charge is 0.158 e. The Morgan fingerprint density at radius 3 is 2.58 bits per heavy atom. The quantitative estimate of drug-likeness (QED) is 0.794. The molecule has 1 rings (SSSR count). The van der Waals surface area contributed by atoms with Crippen molar-refractivity contribution in [2.75, 3.05) is 44.9 Å². The molecule has 0 aliphatic rings. The zero-order valence-corrected chi connectivity index (χ0v) is 12.6. The van der Waals surface area contributed by atoms with Crippen molar-refractivity contribution in [1.29, 1.82) is 0 Å². The largest absolute Gasteiger partial charge is 0.384 e. The molecule has 1 aromatic heterocycles. The third kappa shape index (κ3) is 4.65. The fourth-order valence-electron chi connectivity index (χ4n) is 2.17. The summed E-state index contributed by atoms with van der Waals surface area (Å²) >= 11 is 0. The first-order valence-electron chi connectivity index (χ1n) is 6.51. The van der Waals surface area contributed by atoms with Crippen LogP contribution >= 0.6 is 0 Å². The molecule has 1 aromatic rings. The number of nitrogen functional groups attached to an aromatic ring is 1. The maximum absolute atomic E-state index is 5.84. The maximum Gasteiger partial charge on any atom is 0.158 e. The van der Waals surface area contributed by atoms with Crippen LogP contribution < -0.4 is 10.6 Å². The molecule has 1 unspecified atom stereocenters. The highest BCUT2D eigenvalue weighted by molar-refractivity contribution is 5.47. The molecule has 0 aliphatic carbocycles. The van der Waals surface area contributed by atoms with E-state index in [1.165, 1.54) is 0 Å². The molecule has 2 N–H and O–H groups in total. The van der Waals surface area contributed by atoms with Gasteiger partial charge in [0.25, 0.3) is 0 Å². The van der Waals surface area contributed by atoms with Gasteiger partial charge in [0.1, 0.15) is 18.2 Å². The van der Waals surface area contributed by atoms with Crippen LogP contribution in [0.3, 0.4) is 0 Å². The van der Waals surface area contributed by atoms with Crippen molar-refractivity contribution in [2.24, 2.45) is 0 Å². The molecule has 1 heterocycles. The molecule has 0 amide bonds. The van der Waals surface area contributed by atoms with Crippen LogP contribution in [0, 0.1) is 0 Å². The molecular formula is C13H25N5O. The van der Waals surface area contributed by atoms with E-state index in [0.717, 1.165) is 18.9 Å². The van der Waals surface area contributed by atoms with Gasteiger partial charge in [-0.2, -0.15) is 0 Å². The summed E-state index contributed by atoms with van der Waals surface area (Å²) in [5.74, 6) is 1.96. The number of ether oxygens (including phenoxy) is 1. The van der Waals surface area contributed by atoms with Gasteiger partial charge in [0, 0.05) is 32.3 Å². The molecule has 0 aromatic carbocycles. The Morgan fingerprint density at radius 1 is 1.37 bits per heavy atom. The number of methoxy groups -OCH3 is 1. The van der Waals surface area contributed by atoms with E-state index < -0.39 is 0 Å². The van der Waals surface area contributed by atoms with Crippen LogP contribution in [0.1, 0.15) is 19.7 Å². The lowest BCUT2D eigenvalue weighted by Gasteiger charge is -2.31. The minimum atomic E-state index is 0.352. The van der Waals surface area contributed by atoms with Gasteiger partial charge in [0.05, 0.1) is 0 Å². The highest BCUT2D eigenvalue weighted by atomic mass is 16.5. The lowest BCUT2D eigenvalue weighted by Crippen LogP contribution is -2.40. The van der Waals surface area contributed by atoms with Crippen molar-refractivity contribution >= 4 is 11.6 Å². The van der Waals surface area contributed by atoms with E-state index in [0.29, 0.717) is 24.3 Å². The molecule has 108 valence electrons. The van der Waals surface area contributed by atoms with Crippen LogP contribution in [0.15, 0.2) is 6.07 Å². The van der Waals surface area contributed by atoms with E-state index in [4.69, 9.17) is 10.5 Å². The van der Waals surface area contributed by atoms with Gasteiger partial charge in [0.15, 0.2) is 5.82 Å². The van der Waals surface area contributed by atoms with Crippen molar-refractivity contribution in [3.63, 3.8) is 0 Å². The van der Waals surface area contributed by atoms with Gasteiger partial charge in [-0.25, -0.2) is 9.97 Å². The molecule has 0 bridgehead atoms. The van der Waals surface area contributed by atoms with Crippen LogP contribution in [-0.2, 0) is 11.3 Å². The van der Waals surface area contributed by atoms with Crippen molar-refractivity contribution in [3.05, 3.63) is 11.9 Å². The number of aromatic nitrogens is 2. The van der Waals surface area contributed by atoms with Crippen molar-refractivity contribution < 1.29 is 4.74 Å². The Balaban J connectivity index is 2.96. The topological polar surface area (TPSA) is 67.5 Å². The first-order valence-corrected chi connectivity index (χ1v) is 6.51. The first-order chi connectivity index (χ1) is 8.97. The van der Waals surface area contributed by atoms with Gasteiger partial charge in [-0.3, -0.25) is 0 Å². The number of rotatable bonds is 7. The zero-order chi connectivity index (χ0) is 14.4. The van der Waals surface area contributed by atoms with Crippen molar-refractivity contribution in [2.45, 2.75) is 26.5 Å². The van der Waals surface area contributed by atoms with Crippen LogP contribution in [0.25, 0.3) is 0 Å². The summed E-state index contributed by atoms with van der Waals surface area (Å²) in [5, 5.41) is 0. The average Bonchev–Trinajstić information content (AvgIpc) is 2.28. The van der Waals surface area contributed by atoms with Crippen LogP contribution in [-0.4, -0.2) is 55.2 Å². The fourth-order valence-corrected chi connectivity index (χ4v) is 2.17. The molecule has 0 radical (unpaired) electrons. The number of hydrogen-bond acceptors (Lipinski definition) is 6. The minimum Gasteiger partial charge on any atom is -0.384 e. The van der Waals surface area contributed by atoms with E-state index in [2.05, 4.69) is 47.7 Å². The van der Waals surface area contributed by atoms with Crippen LogP contribution in [0.4, 0.5) is 11.6 Å². The van der Waals surface area contributed by atoms with Gasteiger partial charge in [-0.15, -0.1) is 0 Å². The average molecular weight is 267 g/mol. The van der Waals surface area contributed by atoms with Gasteiger partial charge in [0.2, 0.25) is 0 Å². The molecule has 0 spiro atoms. The summed E-state index contributed by atoms with van der Waals surface area (Å²) in [7, 11) is 5.75. The summed E-state index contributed by atoms with van der Waals surface area (Å²) in [4.78, 5) is 13.1. The van der Waals surface area contributed by atoms with E-state index in [-0.39, 0.29) is 0 Å². The normalized spacial score (nSPS) is 12.7. The van der Waals surface area contributed by atoms with Gasteiger partial charge < -0.3 is 20.3 Å². The minimum absolute atomic E-state index is 0.352. The Hall–Kier alpha value is -1.40. The Labute approximate surface area is 115 Å². The molecule has 6 nitrogen and oxygen atoms in total. The highest BCUT2D eigenvalue weighted by Gasteiger charge is 2.16. The third-order valence-corrected chi connectivity index (χ3v) is 2.85. The monoisotopic (exact) mass is 267 g/mol. The number of hydrogen-bond donors (Lipinski definition) is 1. The molecule has 0 aliphatic heterocycles. The molecular weight excluding hydrogens is 242 g/mol. The molecule has 1 atom stereocenters. The maximum atomic E-state index is 5.84. The highest BCUT2D eigenvalue weighted by Crippen LogP contribution is 2.17. The van der Waals surface area contributed by atoms with E-state index in [1.807, 2.05) is 6.07 Å². The summed E-state index contributed by atoms with van der Waals surface area (Å²) in [6.07, 6.45) is 0. The number of likely N-dealkylation sites (N-methyl/N-ethyl adjacent to an activating group) is 2. The van der Waals surface area contributed by atoms with Crippen LogP contribution in [0.2, 0.25) is 0 Å². The van der Waals surface area contributed by atoms with Crippen molar-refractivity contribution in [3.8, 4) is 0 Å². The van der Waals surface area contributed by atoms with E-state index in [1.54, 1.807) is 7.11 Å². The number of nitrogens with zero attached hydrogens (tertiary/aromatic N) is 4. The molecule has 19 heavy (non-hydrogen) atoms. The summed E-state index contributed by atoms with van der Waals surface area (Å²) in [6, 6.07) is 2.17. The summed E-state index contributed by atoms with van der Waals surface area (Å²) < 4.78 is 5.07. The number of anilines is 2.